The number of benzene rings is 1. The fraction of sp³-hybridized carbons (Fsp3) is 0.462. The molecule has 0 amide bonds. The number of carbonyl (C=O) groups excluding carboxylic acids is 1. The van der Waals surface area contributed by atoms with Gasteiger partial charge in [-0.05, 0) is 25.5 Å². The van der Waals surface area contributed by atoms with Crippen molar-refractivity contribution in [3.05, 3.63) is 33.9 Å². The zero-order valence-electron chi connectivity index (χ0n) is 11.5. The third-order valence-electron chi connectivity index (χ3n) is 2.66. The fourth-order valence-electron chi connectivity index (χ4n) is 1.52. The molecule has 0 heterocycles. The number of esters is 1. The molecular formula is C13H18N2O5. The topological polar surface area (TPSA) is 105 Å². The number of ether oxygens (including phenoxy) is 2. The van der Waals surface area contributed by atoms with Crippen LogP contribution in [0.1, 0.15) is 18.9 Å². The number of aryl methyl sites for hydroxylation is 1. The zero-order chi connectivity index (χ0) is 15.1. The molecule has 20 heavy (non-hydrogen) atoms. The van der Waals surface area contributed by atoms with Gasteiger partial charge < -0.3 is 15.2 Å². The van der Waals surface area contributed by atoms with Gasteiger partial charge in [-0.25, -0.2) is 0 Å². The molecule has 1 rings (SSSR count). The van der Waals surface area contributed by atoms with Crippen molar-refractivity contribution in [1.29, 1.82) is 0 Å². The van der Waals surface area contributed by atoms with Gasteiger partial charge in [0.1, 0.15) is 11.8 Å². The molecule has 0 aliphatic heterocycles. The number of hydrogen-bond acceptors (Lipinski definition) is 6. The minimum absolute atomic E-state index is 0.0414. The lowest BCUT2D eigenvalue weighted by Gasteiger charge is -2.12. The number of non-ortho nitro benzene ring substituents is 1. The Bertz CT molecular complexity index is 490. The molecule has 7 heteroatoms. The molecule has 110 valence electrons. The van der Waals surface area contributed by atoms with Crippen LogP contribution in [0.25, 0.3) is 0 Å². The SMILES string of the molecule is CCOC(=O)C(N)CCOc1cc([N+](=O)[O-])ccc1C. The summed E-state index contributed by atoms with van der Waals surface area (Å²) >= 11 is 0. The van der Waals surface area contributed by atoms with E-state index in [1.807, 2.05) is 0 Å². The van der Waals surface area contributed by atoms with Gasteiger partial charge in [-0.2, -0.15) is 0 Å². The average molecular weight is 282 g/mol. The molecule has 7 nitrogen and oxygen atoms in total. The molecule has 1 aromatic carbocycles. The number of hydrogen-bond donors (Lipinski definition) is 1. The van der Waals surface area contributed by atoms with E-state index in [1.54, 1.807) is 19.9 Å². The van der Waals surface area contributed by atoms with Gasteiger partial charge in [-0.1, -0.05) is 0 Å². The van der Waals surface area contributed by atoms with Gasteiger partial charge in [0.15, 0.2) is 0 Å². The van der Waals surface area contributed by atoms with Crippen LogP contribution in [0.15, 0.2) is 18.2 Å². The van der Waals surface area contributed by atoms with E-state index in [0.717, 1.165) is 5.56 Å². The molecule has 0 spiro atoms. The number of nitro benzene ring substituents is 1. The summed E-state index contributed by atoms with van der Waals surface area (Å²) < 4.78 is 10.2. The number of carbonyl (C=O) groups is 1. The normalized spacial score (nSPS) is 11.8. The minimum Gasteiger partial charge on any atom is -0.493 e. The van der Waals surface area contributed by atoms with Crippen LogP contribution >= 0.6 is 0 Å². The van der Waals surface area contributed by atoms with Gasteiger partial charge in [-0.15, -0.1) is 0 Å². The molecule has 0 bridgehead atoms. The molecule has 0 saturated carbocycles. The Labute approximate surface area is 116 Å². The predicted octanol–water partition coefficient (Wildman–Crippen LogP) is 1.56. The van der Waals surface area contributed by atoms with Crippen LogP contribution in [0.2, 0.25) is 0 Å². The molecule has 0 fully saturated rings. The van der Waals surface area contributed by atoms with Crippen LogP contribution in [0.4, 0.5) is 5.69 Å². The smallest absolute Gasteiger partial charge is 0.323 e. The third kappa shape index (κ3) is 4.51. The van der Waals surface area contributed by atoms with E-state index in [-0.39, 0.29) is 25.3 Å². The van der Waals surface area contributed by atoms with Crippen molar-refractivity contribution in [2.24, 2.45) is 5.73 Å². The minimum atomic E-state index is -0.756. The second kappa shape index (κ2) is 7.44. The van der Waals surface area contributed by atoms with Crippen molar-refractivity contribution < 1.29 is 19.2 Å². The lowest BCUT2D eigenvalue weighted by atomic mass is 10.2. The van der Waals surface area contributed by atoms with Gasteiger partial charge in [0.25, 0.3) is 5.69 Å². The third-order valence-corrected chi connectivity index (χ3v) is 2.66. The summed E-state index contributed by atoms with van der Waals surface area (Å²) in [5.41, 5.74) is 6.36. The monoisotopic (exact) mass is 282 g/mol. The maximum Gasteiger partial charge on any atom is 0.323 e. The Hall–Kier alpha value is -2.15. The quantitative estimate of drug-likeness (QED) is 0.462. The Morgan fingerprint density at radius 2 is 2.20 bits per heavy atom. The second-order valence-electron chi connectivity index (χ2n) is 4.20. The predicted molar refractivity (Wildman–Crippen MR) is 72.6 cm³/mol. The average Bonchev–Trinajstić information content (AvgIpc) is 2.40. The molecule has 1 unspecified atom stereocenters. The van der Waals surface area contributed by atoms with Crippen LogP contribution in [0, 0.1) is 17.0 Å². The van der Waals surface area contributed by atoms with Crippen molar-refractivity contribution in [1.82, 2.24) is 0 Å². The fourth-order valence-corrected chi connectivity index (χ4v) is 1.52. The zero-order valence-corrected chi connectivity index (χ0v) is 11.5. The van der Waals surface area contributed by atoms with E-state index in [9.17, 15) is 14.9 Å². The summed E-state index contributed by atoms with van der Waals surface area (Å²) in [6, 6.07) is 3.62. The van der Waals surface area contributed by atoms with Gasteiger partial charge >= 0.3 is 5.97 Å². The van der Waals surface area contributed by atoms with Crippen LogP contribution in [-0.2, 0) is 9.53 Å². The molecule has 0 saturated heterocycles. The summed E-state index contributed by atoms with van der Waals surface area (Å²) in [5.74, 6) is -0.0675. The van der Waals surface area contributed by atoms with E-state index < -0.39 is 16.9 Å². The second-order valence-corrected chi connectivity index (χ2v) is 4.20. The van der Waals surface area contributed by atoms with Crippen molar-refractivity contribution in [3.8, 4) is 5.75 Å². The Balaban J connectivity index is 2.55. The van der Waals surface area contributed by atoms with Gasteiger partial charge in [0.05, 0.1) is 24.2 Å². The molecule has 0 aliphatic carbocycles. The van der Waals surface area contributed by atoms with Crippen LogP contribution in [0.5, 0.6) is 5.75 Å². The molecule has 0 aromatic heterocycles. The highest BCUT2D eigenvalue weighted by Gasteiger charge is 2.15. The van der Waals surface area contributed by atoms with Gasteiger partial charge in [-0.3, -0.25) is 14.9 Å². The highest BCUT2D eigenvalue weighted by molar-refractivity contribution is 5.75. The summed E-state index contributed by atoms with van der Waals surface area (Å²) in [6.07, 6.45) is 0.279. The first kappa shape index (κ1) is 15.9. The van der Waals surface area contributed by atoms with E-state index in [1.165, 1.54) is 12.1 Å². The van der Waals surface area contributed by atoms with Gasteiger partial charge in [0.2, 0.25) is 0 Å². The molecule has 1 atom stereocenters. The molecule has 0 aliphatic rings. The van der Waals surface area contributed by atoms with Crippen LogP contribution < -0.4 is 10.5 Å². The van der Waals surface area contributed by atoms with Gasteiger partial charge in [0, 0.05) is 12.5 Å². The number of nitrogens with two attached hydrogens (primary N) is 1. The molecular weight excluding hydrogens is 264 g/mol. The first-order valence-electron chi connectivity index (χ1n) is 6.25. The summed E-state index contributed by atoms with van der Waals surface area (Å²) in [5, 5.41) is 10.7. The number of nitrogens with zero attached hydrogens (tertiary/aromatic N) is 1. The highest BCUT2D eigenvalue weighted by Crippen LogP contribution is 2.24. The van der Waals surface area contributed by atoms with Crippen molar-refractivity contribution in [2.75, 3.05) is 13.2 Å². The Morgan fingerprint density at radius 1 is 1.50 bits per heavy atom. The maximum absolute atomic E-state index is 11.3. The summed E-state index contributed by atoms with van der Waals surface area (Å²) in [4.78, 5) is 21.5. The molecule has 2 N–H and O–H groups in total. The number of rotatable bonds is 7. The van der Waals surface area contributed by atoms with E-state index in [4.69, 9.17) is 15.2 Å². The first-order chi connectivity index (χ1) is 9.45. The van der Waals surface area contributed by atoms with Crippen molar-refractivity contribution in [2.45, 2.75) is 26.3 Å². The maximum atomic E-state index is 11.3. The highest BCUT2D eigenvalue weighted by atomic mass is 16.6. The van der Waals surface area contributed by atoms with E-state index >= 15 is 0 Å². The molecule has 0 radical (unpaired) electrons. The largest absolute Gasteiger partial charge is 0.493 e. The number of nitro groups is 1. The van der Waals surface area contributed by atoms with Crippen LogP contribution in [-0.4, -0.2) is 30.1 Å². The van der Waals surface area contributed by atoms with E-state index in [0.29, 0.717) is 5.75 Å². The first-order valence-corrected chi connectivity index (χ1v) is 6.25. The lowest BCUT2D eigenvalue weighted by Crippen LogP contribution is -2.33. The Morgan fingerprint density at radius 3 is 2.80 bits per heavy atom. The summed E-state index contributed by atoms with van der Waals surface area (Å²) in [7, 11) is 0. The standard InChI is InChI=1S/C13H18N2O5/c1-3-19-13(16)11(14)6-7-20-12-8-10(15(17)18)5-4-9(12)2/h4-5,8,11H,3,6-7,14H2,1-2H3. The lowest BCUT2D eigenvalue weighted by molar-refractivity contribution is -0.384. The van der Waals surface area contributed by atoms with Crippen molar-refractivity contribution >= 4 is 11.7 Å². The van der Waals surface area contributed by atoms with E-state index in [2.05, 4.69) is 0 Å². The summed E-state index contributed by atoms with van der Waals surface area (Å²) in [6.45, 7) is 3.94. The Kier molecular flexibility index (Phi) is 5.92. The molecule has 1 aromatic rings. The van der Waals surface area contributed by atoms with Crippen LogP contribution in [0.3, 0.4) is 0 Å². The van der Waals surface area contributed by atoms with Crippen molar-refractivity contribution in [3.63, 3.8) is 0 Å².